The molecule has 0 fully saturated rings. The van der Waals surface area contributed by atoms with Crippen molar-refractivity contribution in [2.24, 2.45) is 0 Å². The van der Waals surface area contributed by atoms with Crippen molar-refractivity contribution in [2.75, 3.05) is 18.5 Å². The van der Waals surface area contributed by atoms with Gasteiger partial charge in [-0.3, -0.25) is 4.79 Å². The van der Waals surface area contributed by atoms with Gasteiger partial charge in [-0.1, -0.05) is 0 Å². The number of rotatable bonds is 3. The standard InChI is InChI=1S/C13H14N4O3/c18-13(7-17-9-14-8-15-17)16-10-2-3-11-12(6-10)20-5-1-4-19-11/h2-3,6,8-9H,1,4-5,7H2,(H,16,18). The Bertz CT molecular complexity index is 598. The van der Waals surface area contributed by atoms with E-state index in [1.165, 1.54) is 17.3 Å². The fourth-order valence-electron chi connectivity index (χ4n) is 1.90. The summed E-state index contributed by atoms with van der Waals surface area (Å²) >= 11 is 0. The molecule has 104 valence electrons. The van der Waals surface area contributed by atoms with Crippen LogP contribution in [0.5, 0.6) is 11.5 Å². The van der Waals surface area contributed by atoms with Gasteiger partial charge in [-0.2, -0.15) is 5.10 Å². The SMILES string of the molecule is O=C(Cn1cncn1)Nc1ccc2c(c1)OCCCO2. The molecule has 1 aliphatic rings. The van der Waals surface area contributed by atoms with Gasteiger partial charge in [0.2, 0.25) is 5.91 Å². The number of carbonyl (C=O) groups excluding carboxylic acids is 1. The molecule has 1 N–H and O–H groups in total. The lowest BCUT2D eigenvalue weighted by molar-refractivity contribution is -0.116. The van der Waals surface area contributed by atoms with Crippen LogP contribution in [0, 0.1) is 0 Å². The van der Waals surface area contributed by atoms with E-state index in [-0.39, 0.29) is 12.5 Å². The van der Waals surface area contributed by atoms with E-state index >= 15 is 0 Å². The van der Waals surface area contributed by atoms with E-state index in [2.05, 4.69) is 15.4 Å². The number of nitrogens with one attached hydrogen (secondary N) is 1. The number of anilines is 1. The Balaban J connectivity index is 1.68. The Morgan fingerprint density at radius 1 is 1.30 bits per heavy atom. The van der Waals surface area contributed by atoms with E-state index in [0.717, 1.165) is 6.42 Å². The lowest BCUT2D eigenvalue weighted by Crippen LogP contribution is -2.19. The first-order valence-corrected chi connectivity index (χ1v) is 6.33. The van der Waals surface area contributed by atoms with E-state index in [1.54, 1.807) is 18.2 Å². The number of aromatic nitrogens is 3. The highest BCUT2D eigenvalue weighted by atomic mass is 16.5. The Morgan fingerprint density at radius 2 is 2.15 bits per heavy atom. The van der Waals surface area contributed by atoms with Crippen molar-refractivity contribution in [3.8, 4) is 11.5 Å². The molecule has 2 aromatic rings. The maximum absolute atomic E-state index is 11.8. The zero-order valence-electron chi connectivity index (χ0n) is 10.8. The molecule has 1 aromatic heterocycles. The van der Waals surface area contributed by atoms with Crippen LogP contribution in [0.3, 0.4) is 0 Å². The number of hydrogen-bond donors (Lipinski definition) is 1. The lowest BCUT2D eigenvalue weighted by atomic mass is 10.2. The van der Waals surface area contributed by atoms with Gasteiger partial charge in [0.15, 0.2) is 11.5 Å². The Labute approximate surface area is 115 Å². The second kappa shape index (κ2) is 5.60. The van der Waals surface area contributed by atoms with Gasteiger partial charge in [0.05, 0.1) is 13.2 Å². The van der Waals surface area contributed by atoms with Crippen LogP contribution in [0.4, 0.5) is 5.69 Å². The van der Waals surface area contributed by atoms with Gasteiger partial charge < -0.3 is 14.8 Å². The van der Waals surface area contributed by atoms with Crippen LogP contribution in [0.15, 0.2) is 30.9 Å². The number of ether oxygens (including phenoxy) is 2. The molecule has 0 spiro atoms. The molecule has 20 heavy (non-hydrogen) atoms. The quantitative estimate of drug-likeness (QED) is 0.906. The van der Waals surface area contributed by atoms with E-state index in [9.17, 15) is 4.79 Å². The third-order valence-corrected chi connectivity index (χ3v) is 2.80. The largest absolute Gasteiger partial charge is 0.490 e. The minimum atomic E-state index is -0.176. The van der Waals surface area contributed by atoms with Crippen LogP contribution >= 0.6 is 0 Å². The van der Waals surface area contributed by atoms with Crippen LogP contribution in [-0.2, 0) is 11.3 Å². The fraction of sp³-hybridized carbons (Fsp3) is 0.308. The van der Waals surface area contributed by atoms with Crippen LogP contribution in [0.2, 0.25) is 0 Å². The zero-order valence-corrected chi connectivity index (χ0v) is 10.8. The van der Waals surface area contributed by atoms with Crippen molar-refractivity contribution < 1.29 is 14.3 Å². The third kappa shape index (κ3) is 2.87. The highest BCUT2D eigenvalue weighted by Crippen LogP contribution is 2.32. The predicted molar refractivity (Wildman–Crippen MR) is 70.7 cm³/mol. The number of benzene rings is 1. The molecule has 7 heteroatoms. The van der Waals surface area contributed by atoms with Gasteiger partial charge in [-0.05, 0) is 12.1 Å². The Hall–Kier alpha value is -2.57. The Morgan fingerprint density at radius 3 is 2.95 bits per heavy atom. The predicted octanol–water partition coefficient (Wildman–Crippen LogP) is 1.08. The molecule has 0 saturated heterocycles. The van der Waals surface area contributed by atoms with Crippen LogP contribution in [0.1, 0.15) is 6.42 Å². The fourth-order valence-corrected chi connectivity index (χ4v) is 1.90. The molecule has 0 aliphatic carbocycles. The average molecular weight is 274 g/mol. The minimum absolute atomic E-state index is 0.119. The number of hydrogen-bond acceptors (Lipinski definition) is 5. The molecule has 0 bridgehead atoms. The van der Waals surface area contributed by atoms with Crippen molar-refractivity contribution in [3.63, 3.8) is 0 Å². The van der Waals surface area contributed by atoms with Gasteiger partial charge >= 0.3 is 0 Å². The molecule has 0 radical (unpaired) electrons. The van der Waals surface area contributed by atoms with Crippen LogP contribution < -0.4 is 14.8 Å². The maximum Gasteiger partial charge on any atom is 0.246 e. The molecule has 0 atom stereocenters. The first-order chi connectivity index (χ1) is 9.81. The van der Waals surface area contributed by atoms with Gasteiger partial charge in [-0.25, -0.2) is 9.67 Å². The topological polar surface area (TPSA) is 78.3 Å². The molecular weight excluding hydrogens is 260 g/mol. The highest BCUT2D eigenvalue weighted by molar-refractivity contribution is 5.90. The average Bonchev–Trinajstić information content (AvgIpc) is 2.82. The number of amides is 1. The van der Waals surface area contributed by atoms with Crippen molar-refractivity contribution in [3.05, 3.63) is 30.9 Å². The summed E-state index contributed by atoms with van der Waals surface area (Å²) in [5, 5.41) is 6.67. The van der Waals surface area contributed by atoms with E-state index in [4.69, 9.17) is 9.47 Å². The second-order valence-electron chi connectivity index (χ2n) is 4.35. The van der Waals surface area contributed by atoms with Gasteiger partial charge in [0.25, 0.3) is 0 Å². The smallest absolute Gasteiger partial charge is 0.246 e. The summed E-state index contributed by atoms with van der Waals surface area (Å²) in [5.41, 5.74) is 0.666. The summed E-state index contributed by atoms with van der Waals surface area (Å²) in [6, 6.07) is 5.35. The van der Waals surface area contributed by atoms with E-state index in [0.29, 0.717) is 30.4 Å². The summed E-state index contributed by atoms with van der Waals surface area (Å²) < 4.78 is 12.6. The van der Waals surface area contributed by atoms with Crippen molar-refractivity contribution in [1.29, 1.82) is 0 Å². The number of fused-ring (bicyclic) bond motifs is 1. The van der Waals surface area contributed by atoms with E-state index < -0.39 is 0 Å². The second-order valence-corrected chi connectivity index (χ2v) is 4.35. The molecule has 1 aliphatic heterocycles. The molecular formula is C13H14N4O3. The molecule has 7 nitrogen and oxygen atoms in total. The maximum atomic E-state index is 11.8. The first kappa shape index (κ1) is 12.5. The Kier molecular flexibility index (Phi) is 3.49. The zero-order chi connectivity index (χ0) is 13.8. The van der Waals surface area contributed by atoms with Gasteiger partial charge in [0.1, 0.15) is 19.2 Å². The van der Waals surface area contributed by atoms with Gasteiger partial charge in [0, 0.05) is 18.2 Å². The molecule has 2 heterocycles. The molecule has 1 aromatic carbocycles. The van der Waals surface area contributed by atoms with Crippen molar-refractivity contribution >= 4 is 11.6 Å². The van der Waals surface area contributed by atoms with Crippen molar-refractivity contribution in [2.45, 2.75) is 13.0 Å². The monoisotopic (exact) mass is 274 g/mol. The summed E-state index contributed by atoms with van der Waals surface area (Å²) in [7, 11) is 0. The minimum Gasteiger partial charge on any atom is -0.490 e. The van der Waals surface area contributed by atoms with Crippen LogP contribution in [-0.4, -0.2) is 33.9 Å². The normalized spacial score (nSPS) is 13.6. The van der Waals surface area contributed by atoms with E-state index in [1.807, 2.05) is 0 Å². The summed E-state index contributed by atoms with van der Waals surface area (Å²) in [4.78, 5) is 15.6. The number of nitrogens with zero attached hydrogens (tertiary/aromatic N) is 3. The highest BCUT2D eigenvalue weighted by Gasteiger charge is 2.12. The summed E-state index contributed by atoms with van der Waals surface area (Å²) in [5.74, 6) is 1.18. The summed E-state index contributed by atoms with van der Waals surface area (Å²) in [6.07, 6.45) is 3.73. The van der Waals surface area contributed by atoms with Crippen molar-refractivity contribution in [1.82, 2.24) is 14.8 Å². The molecule has 0 unspecified atom stereocenters. The summed E-state index contributed by atoms with van der Waals surface area (Å²) in [6.45, 7) is 1.38. The van der Waals surface area contributed by atoms with Gasteiger partial charge in [-0.15, -0.1) is 0 Å². The van der Waals surface area contributed by atoms with Crippen LogP contribution in [0.25, 0.3) is 0 Å². The number of carbonyl (C=O) groups is 1. The third-order valence-electron chi connectivity index (χ3n) is 2.80. The lowest BCUT2D eigenvalue weighted by Gasteiger charge is -2.10. The molecule has 0 saturated carbocycles. The molecule has 1 amide bonds. The first-order valence-electron chi connectivity index (χ1n) is 6.33. The molecule has 3 rings (SSSR count).